The minimum Gasteiger partial charge on any atom is -0.379 e. The molecule has 106 valence electrons. The maximum absolute atomic E-state index is 11.9. The van der Waals surface area contributed by atoms with Crippen molar-refractivity contribution in [1.82, 2.24) is 10.3 Å². The number of nitrogens with zero attached hydrogens (tertiary/aromatic N) is 1. The lowest BCUT2D eigenvalue weighted by atomic mass is 10.2. The highest BCUT2D eigenvalue weighted by atomic mass is 16.5. The topological polar surface area (TPSA) is 89.3 Å². The maximum atomic E-state index is 11.9. The standard InChI is InChI=1S/C13H22N4O2/c1-9(2)8-19-5-4-15-13(18)11-7-16-10(3)6-12(11)17-14/h6-7,9H,4-5,8,14H2,1-3H3,(H,15,18)(H,16,17). The van der Waals surface area contributed by atoms with Gasteiger partial charge in [-0.15, -0.1) is 0 Å². The third kappa shape index (κ3) is 5.23. The smallest absolute Gasteiger partial charge is 0.255 e. The molecule has 1 amide bonds. The molecule has 0 aliphatic carbocycles. The molecule has 0 unspecified atom stereocenters. The van der Waals surface area contributed by atoms with Crippen molar-refractivity contribution < 1.29 is 9.53 Å². The summed E-state index contributed by atoms with van der Waals surface area (Å²) in [5, 5.41) is 2.77. The van der Waals surface area contributed by atoms with Crippen LogP contribution in [0.1, 0.15) is 29.9 Å². The molecule has 1 aromatic heterocycles. The Hall–Kier alpha value is -1.66. The summed E-state index contributed by atoms with van der Waals surface area (Å²) >= 11 is 0. The molecular weight excluding hydrogens is 244 g/mol. The number of pyridine rings is 1. The molecule has 0 atom stereocenters. The second-order valence-corrected chi connectivity index (χ2v) is 4.74. The zero-order chi connectivity index (χ0) is 14.3. The van der Waals surface area contributed by atoms with Gasteiger partial charge in [0, 0.05) is 25.0 Å². The molecule has 0 radical (unpaired) electrons. The van der Waals surface area contributed by atoms with Crippen molar-refractivity contribution in [2.45, 2.75) is 20.8 Å². The number of amides is 1. The number of nitrogens with one attached hydrogen (secondary N) is 2. The highest BCUT2D eigenvalue weighted by Crippen LogP contribution is 2.13. The number of aryl methyl sites for hydroxylation is 1. The zero-order valence-corrected chi connectivity index (χ0v) is 11.7. The van der Waals surface area contributed by atoms with E-state index in [1.807, 2.05) is 6.92 Å². The van der Waals surface area contributed by atoms with Gasteiger partial charge in [0.05, 0.1) is 17.9 Å². The normalized spacial score (nSPS) is 10.6. The highest BCUT2D eigenvalue weighted by Gasteiger charge is 2.11. The van der Waals surface area contributed by atoms with E-state index >= 15 is 0 Å². The summed E-state index contributed by atoms with van der Waals surface area (Å²) in [6.07, 6.45) is 1.51. The SMILES string of the molecule is Cc1cc(NN)c(C(=O)NCCOCC(C)C)cn1. The van der Waals surface area contributed by atoms with Gasteiger partial charge >= 0.3 is 0 Å². The lowest BCUT2D eigenvalue weighted by molar-refractivity contribution is 0.0886. The van der Waals surface area contributed by atoms with Gasteiger partial charge in [-0.2, -0.15) is 0 Å². The number of nitrogens with two attached hydrogens (primary N) is 1. The summed E-state index contributed by atoms with van der Waals surface area (Å²) < 4.78 is 5.39. The number of carbonyl (C=O) groups is 1. The number of rotatable bonds is 7. The van der Waals surface area contributed by atoms with Crippen molar-refractivity contribution in [2.75, 3.05) is 25.2 Å². The first-order chi connectivity index (χ1) is 9.04. The first kappa shape index (κ1) is 15.4. The minimum absolute atomic E-state index is 0.214. The highest BCUT2D eigenvalue weighted by molar-refractivity contribution is 5.99. The molecule has 0 spiro atoms. The van der Waals surface area contributed by atoms with Crippen molar-refractivity contribution in [3.8, 4) is 0 Å². The van der Waals surface area contributed by atoms with Crippen molar-refractivity contribution in [3.05, 3.63) is 23.5 Å². The Labute approximate surface area is 113 Å². The molecule has 0 aliphatic rings. The number of hydrogen-bond acceptors (Lipinski definition) is 5. The van der Waals surface area contributed by atoms with Crippen LogP contribution < -0.4 is 16.6 Å². The van der Waals surface area contributed by atoms with Crippen LogP contribution in [0.25, 0.3) is 0 Å². The lowest BCUT2D eigenvalue weighted by Gasteiger charge is -2.11. The molecule has 0 bridgehead atoms. The molecule has 0 saturated carbocycles. The average Bonchev–Trinajstić information content (AvgIpc) is 2.37. The molecule has 0 saturated heterocycles. The summed E-state index contributed by atoms with van der Waals surface area (Å²) in [7, 11) is 0. The van der Waals surface area contributed by atoms with E-state index in [-0.39, 0.29) is 5.91 Å². The van der Waals surface area contributed by atoms with E-state index in [1.165, 1.54) is 6.20 Å². The minimum atomic E-state index is -0.214. The molecule has 1 aromatic rings. The molecule has 1 heterocycles. The third-order valence-corrected chi connectivity index (χ3v) is 2.42. The van der Waals surface area contributed by atoms with Gasteiger partial charge in [-0.25, -0.2) is 0 Å². The Morgan fingerprint density at radius 2 is 2.26 bits per heavy atom. The third-order valence-electron chi connectivity index (χ3n) is 2.42. The van der Waals surface area contributed by atoms with Gasteiger partial charge in [0.1, 0.15) is 0 Å². The Bertz CT molecular complexity index is 421. The van der Waals surface area contributed by atoms with Crippen molar-refractivity contribution in [3.63, 3.8) is 0 Å². The number of nitrogen functional groups attached to an aromatic ring is 1. The van der Waals surface area contributed by atoms with Crippen LogP contribution in [0, 0.1) is 12.8 Å². The van der Waals surface area contributed by atoms with E-state index < -0.39 is 0 Å². The predicted molar refractivity (Wildman–Crippen MR) is 74.8 cm³/mol. The van der Waals surface area contributed by atoms with Gasteiger partial charge in [0.25, 0.3) is 5.91 Å². The summed E-state index contributed by atoms with van der Waals surface area (Å²) in [5.41, 5.74) is 4.29. The lowest BCUT2D eigenvalue weighted by Crippen LogP contribution is -2.29. The van der Waals surface area contributed by atoms with E-state index in [1.54, 1.807) is 6.07 Å². The van der Waals surface area contributed by atoms with Crippen molar-refractivity contribution in [1.29, 1.82) is 0 Å². The van der Waals surface area contributed by atoms with E-state index in [0.717, 1.165) is 5.69 Å². The number of aromatic nitrogens is 1. The summed E-state index contributed by atoms with van der Waals surface area (Å²) in [5.74, 6) is 5.66. The van der Waals surface area contributed by atoms with Crippen LogP contribution in [0.4, 0.5) is 5.69 Å². The summed E-state index contributed by atoms with van der Waals surface area (Å²) in [6.45, 7) is 7.64. The number of hydrogen-bond donors (Lipinski definition) is 3. The van der Waals surface area contributed by atoms with Gasteiger partial charge in [-0.05, 0) is 18.9 Å². The van der Waals surface area contributed by atoms with Gasteiger partial charge in [0.2, 0.25) is 0 Å². The van der Waals surface area contributed by atoms with Crippen LogP contribution >= 0.6 is 0 Å². The fraction of sp³-hybridized carbons (Fsp3) is 0.538. The fourth-order valence-corrected chi connectivity index (χ4v) is 1.51. The van der Waals surface area contributed by atoms with Crippen molar-refractivity contribution >= 4 is 11.6 Å². The first-order valence-electron chi connectivity index (χ1n) is 6.33. The summed E-state index contributed by atoms with van der Waals surface area (Å²) in [6, 6.07) is 1.73. The number of anilines is 1. The second-order valence-electron chi connectivity index (χ2n) is 4.74. The van der Waals surface area contributed by atoms with E-state index in [4.69, 9.17) is 10.6 Å². The zero-order valence-electron chi connectivity index (χ0n) is 11.7. The largest absolute Gasteiger partial charge is 0.379 e. The maximum Gasteiger partial charge on any atom is 0.255 e. The molecule has 6 heteroatoms. The van der Waals surface area contributed by atoms with Crippen molar-refractivity contribution in [2.24, 2.45) is 11.8 Å². The van der Waals surface area contributed by atoms with Gasteiger partial charge in [-0.3, -0.25) is 15.6 Å². The molecule has 0 aliphatic heterocycles. The molecule has 19 heavy (non-hydrogen) atoms. The fourth-order valence-electron chi connectivity index (χ4n) is 1.51. The number of carbonyl (C=O) groups excluding carboxylic acids is 1. The Balaban J connectivity index is 2.45. The monoisotopic (exact) mass is 266 g/mol. The molecule has 0 fully saturated rings. The van der Waals surface area contributed by atoms with E-state index in [9.17, 15) is 4.79 Å². The molecule has 6 nitrogen and oxygen atoms in total. The van der Waals surface area contributed by atoms with Gasteiger partial charge in [0.15, 0.2) is 0 Å². The van der Waals surface area contributed by atoms with Crippen LogP contribution in [0.2, 0.25) is 0 Å². The predicted octanol–water partition coefficient (Wildman–Crippen LogP) is 1.08. The van der Waals surface area contributed by atoms with E-state index in [2.05, 4.69) is 29.6 Å². The van der Waals surface area contributed by atoms with E-state index in [0.29, 0.717) is 36.9 Å². The Morgan fingerprint density at radius 1 is 1.53 bits per heavy atom. The molecule has 1 rings (SSSR count). The van der Waals surface area contributed by atoms with Crippen LogP contribution in [-0.2, 0) is 4.74 Å². The molecular formula is C13H22N4O2. The Morgan fingerprint density at radius 3 is 2.89 bits per heavy atom. The first-order valence-corrected chi connectivity index (χ1v) is 6.33. The summed E-state index contributed by atoms with van der Waals surface area (Å²) in [4.78, 5) is 16.0. The van der Waals surface area contributed by atoms with Crippen LogP contribution in [0.15, 0.2) is 12.3 Å². The van der Waals surface area contributed by atoms with Crippen LogP contribution in [0.5, 0.6) is 0 Å². The quantitative estimate of drug-likeness (QED) is 0.390. The number of hydrazine groups is 1. The van der Waals surface area contributed by atoms with Crippen LogP contribution in [-0.4, -0.2) is 30.6 Å². The average molecular weight is 266 g/mol. The van der Waals surface area contributed by atoms with Crippen LogP contribution in [0.3, 0.4) is 0 Å². The van der Waals surface area contributed by atoms with Gasteiger partial charge < -0.3 is 15.5 Å². The molecule has 0 aromatic carbocycles. The second kappa shape index (κ2) is 7.70. The van der Waals surface area contributed by atoms with Gasteiger partial charge in [-0.1, -0.05) is 13.8 Å². The Kier molecular flexibility index (Phi) is 6.24. The molecule has 4 N–H and O–H groups in total. The number of ether oxygens (including phenoxy) is 1.